The van der Waals surface area contributed by atoms with Gasteiger partial charge >= 0.3 is 5.97 Å². The Hall–Kier alpha value is -3.15. The molecule has 122 valence electrons. The van der Waals surface area contributed by atoms with Crippen LogP contribution in [-0.4, -0.2) is 28.4 Å². The molecule has 0 bridgehead atoms. The minimum atomic E-state index is -0.503. The van der Waals surface area contributed by atoms with E-state index in [0.717, 1.165) is 5.56 Å². The number of amides is 1. The largest absolute Gasteiger partial charge is 0.465 e. The van der Waals surface area contributed by atoms with Gasteiger partial charge in [0, 0.05) is 6.20 Å². The van der Waals surface area contributed by atoms with Crippen molar-refractivity contribution in [3.63, 3.8) is 0 Å². The number of hydrogen-bond donors (Lipinski definition) is 1. The zero-order valence-electron chi connectivity index (χ0n) is 13.7. The van der Waals surface area contributed by atoms with Crippen molar-refractivity contribution in [2.24, 2.45) is 0 Å². The highest BCUT2D eigenvalue weighted by Crippen LogP contribution is 2.19. The molecule has 0 aliphatic rings. The van der Waals surface area contributed by atoms with Crippen LogP contribution in [0, 0.1) is 13.8 Å². The number of imidazole rings is 1. The number of benzene rings is 1. The van der Waals surface area contributed by atoms with E-state index in [9.17, 15) is 9.59 Å². The van der Waals surface area contributed by atoms with E-state index in [2.05, 4.69) is 10.3 Å². The first kappa shape index (κ1) is 15.7. The van der Waals surface area contributed by atoms with Crippen LogP contribution in [0.3, 0.4) is 0 Å². The fraction of sp³-hybridized carbons (Fsp3) is 0.167. The molecule has 3 rings (SSSR count). The van der Waals surface area contributed by atoms with Gasteiger partial charge in [-0.15, -0.1) is 0 Å². The molecule has 1 amide bonds. The van der Waals surface area contributed by atoms with Gasteiger partial charge in [0.05, 0.1) is 24.1 Å². The molecule has 6 nitrogen and oxygen atoms in total. The van der Waals surface area contributed by atoms with E-state index in [4.69, 9.17) is 4.74 Å². The molecule has 0 spiro atoms. The summed E-state index contributed by atoms with van der Waals surface area (Å²) in [4.78, 5) is 29.0. The van der Waals surface area contributed by atoms with Crippen LogP contribution in [-0.2, 0) is 4.74 Å². The van der Waals surface area contributed by atoms with Crippen LogP contribution in [0.15, 0.2) is 42.6 Å². The number of fused-ring (bicyclic) bond motifs is 1. The quantitative estimate of drug-likeness (QED) is 0.752. The fourth-order valence-electron chi connectivity index (χ4n) is 2.60. The predicted molar refractivity (Wildman–Crippen MR) is 90.4 cm³/mol. The second-order valence-electron chi connectivity index (χ2n) is 5.47. The monoisotopic (exact) mass is 323 g/mol. The van der Waals surface area contributed by atoms with Crippen molar-refractivity contribution in [3.8, 4) is 0 Å². The number of pyridine rings is 1. The Labute approximate surface area is 139 Å². The summed E-state index contributed by atoms with van der Waals surface area (Å²) in [6, 6.07) is 10.5. The molecule has 2 heterocycles. The van der Waals surface area contributed by atoms with Crippen molar-refractivity contribution in [2.45, 2.75) is 13.8 Å². The van der Waals surface area contributed by atoms with Crippen molar-refractivity contribution in [1.82, 2.24) is 9.38 Å². The zero-order valence-corrected chi connectivity index (χ0v) is 13.7. The van der Waals surface area contributed by atoms with Gasteiger partial charge in [0.2, 0.25) is 0 Å². The first-order chi connectivity index (χ1) is 11.5. The number of esters is 1. The average Bonchev–Trinajstić information content (AvgIpc) is 2.89. The number of rotatable bonds is 3. The lowest BCUT2D eigenvalue weighted by atomic mass is 10.1. The molecule has 0 saturated carbocycles. The average molecular weight is 323 g/mol. The SMILES string of the molecule is COC(=O)c1ccccc1NC(=O)c1c(C)nc2ccc(C)cn12. The molecular weight excluding hydrogens is 306 g/mol. The summed E-state index contributed by atoms with van der Waals surface area (Å²) in [6.45, 7) is 3.73. The number of hydrogen-bond acceptors (Lipinski definition) is 4. The van der Waals surface area contributed by atoms with Crippen LogP contribution in [0.1, 0.15) is 32.1 Å². The lowest BCUT2D eigenvalue weighted by molar-refractivity contribution is 0.0602. The van der Waals surface area contributed by atoms with E-state index in [1.165, 1.54) is 7.11 Å². The van der Waals surface area contributed by atoms with E-state index in [0.29, 0.717) is 28.3 Å². The molecular formula is C18H17N3O3. The van der Waals surface area contributed by atoms with Crippen LogP contribution >= 0.6 is 0 Å². The summed E-state index contributed by atoms with van der Waals surface area (Å²) in [6.07, 6.45) is 1.86. The highest BCUT2D eigenvalue weighted by molar-refractivity contribution is 6.08. The van der Waals surface area contributed by atoms with Gasteiger partial charge in [0.15, 0.2) is 0 Å². The maximum atomic E-state index is 12.8. The van der Waals surface area contributed by atoms with Gasteiger partial charge in [-0.1, -0.05) is 18.2 Å². The molecule has 1 aromatic carbocycles. The third kappa shape index (κ3) is 2.74. The number of nitrogens with zero attached hydrogens (tertiary/aromatic N) is 2. The van der Waals surface area contributed by atoms with E-state index < -0.39 is 5.97 Å². The highest BCUT2D eigenvalue weighted by Gasteiger charge is 2.19. The molecule has 0 atom stereocenters. The van der Waals surface area contributed by atoms with Gasteiger partial charge in [0.1, 0.15) is 11.3 Å². The lowest BCUT2D eigenvalue weighted by Crippen LogP contribution is -2.18. The van der Waals surface area contributed by atoms with Crippen molar-refractivity contribution >= 4 is 23.2 Å². The second kappa shape index (κ2) is 6.16. The van der Waals surface area contributed by atoms with E-state index in [1.807, 2.05) is 25.3 Å². The first-order valence-corrected chi connectivity index (χ1v) is 7.45. The fourth-order valence-corrected chi connectivity index (χ4v) is 2.60. The topological polar surface area (TPSA) is 72.7 Å². The van der Waals surface area contributed by atoms with E-state index >= 15 is 0 Å². The molecule has 24 heavy (non-hydrogen) atoms. The van der Waals surface area contributed by atoms with Gasteiger partial charge in [-0.25, -0.2) is 9.78 Å². The number of carbonyl (C=O) groups excluding carboxylic acids is 2. The maximum absolute atomic E-state index is 12.8. The Balaban J connectivity index is 2.01. The third-order valence-electron chi connectivity index (χ3n) is 3.74. The van der Waals surface area contributed by atoms with Gasteiger partial charge < -0.3 is 10.1 Å². The molecule has 0 unspecified atom stereocenters. The molecule has 3 aromatic rings. The Morgan fingerprint density at radius 3 is 2.62 bits per heavy atom. The number of para-hydroxylation sites is 1. The summed E-state index contributed by atoms with van der Waals surface area (Å²) in [5.41, 5.74) is 3.47. The zero-order chi connectivity index (χ0) is 17.3. The number of anilines is 1. The van der Waals surface area contributed by atoms with Crippen LogP contribution < -0.4 is 5.32 Å². The summed E-state index contributed by atoms with van der Waals surface area (Å²) in [7, 11) is 1.30. The summed E-state index contributed by atoms with van der Waals surface area (Å²) < 4.78 is 6.50. The lowest BCUT2D eigenvalue weighted by Gasteiger charge is -2.10. The summed E-state index contributed by atoms with van der Waals surface area (Å²) in [5, 5.41) is 2.78. The van der Waals surface area contributed by atoms with Crippen molar-refractivity contribution < 1.29 is 14.3 Å². The van der Waals surface area contributed by atoms with Crippen molar-refractivity contribution in [1.29, 1.82) is 0 Å². The van der Waals surface area contributed by atoms with Crippen LogP contribution in [0.5, 0.6) is 0 Å². The number of ether oxygens (including phenoxy) is 1. The minimum absolute atomic E-state index is 0.302. The molecule has 0 aliphatic heterocycles. The van der Waals surface area contributed by atoms with E-state index in [1.54, 1.807) is 35.6 Å². The Morgan fingerprint density at radius 2 is 1.88 bits per heavy atom. The molecule has 0 fully saturated rings. The number of nitrogens with one attached hydrogen (secondary N) is 1. The van der Waals surface area contributed by atoms with Crippen LogP contribution in [0.2, 0.25) is 0 Å². The van der Waals surface area contributed by atoms with Crippen LogP contribution in [0.25, 0.3) is 5.65 Å². The molecule has 0 aliphatic carbocycles. The first-order valence-electron chi connectivity index (χ1n) is 7.45. The molecule has 2 aromatic heterocycles. The Kier molecular flexibility index (Phi) is 4.04. The molecule has 0 radical (unpaired) electrons. The number of carbonyl (C=O) groups is 2. The number of aryl methyl sites for hydroxylation is 2. The summed E-state index contributed by atoms with van der Waals surface area (Å²) >= 11 is 0. The molecule has 0 saturated heterocycles. The standard InChI is InChI=1S/C18H17N3O3/c1-11-8-9-15-19-12(2)16(21(15)10-11)17(22)20-14-7-5-4-6-13(14)18(23)24-3/h4-10H,1-3H3,(H,20,22). The smallest absolute Gasteiger partial charge is 0.339 e. The summed E-state index contributed by atoms with van der Waals surface area (Å²) in [5.74, 6) is -0.835. The minimum Gasteiger partial charge on any atom is -0.465 e. The Morgan fingerprint density at radius 1 is 1.12 bits per heavy atom. The number of methoxy groups -OCH3 is 1. The molecule has 6 heteroatoms. The normalized spacial score (nSPS) is 10.6. The van der Waals surface area contributed by atoms with E-state index in [-0.39, 0.29) is 5.91 Å². The van der Waals surface area contributed by atoms with Crippen LogP contribution in [0.4, 0.5) is 5.69 Å². The predicted octanol–water partition coefficient (Wildman–Crippen LogP) is 2.99. The second-order valence-corrected chi connectivity index (χ2v) is 5.47. The number of aromatic nitrogens is 2. The van der Waals surface area contributed by atoms with Gasteiger partial charge in [-0.3, -0.25) is 9.20 Å². The van der Waals surface area contributed by atoms with Gasteiger partial charge in [-0.05, 0) is 37.6 Å². The maximum Gasteiger partial charge on any atom is 0.339 e. The van der Waals surface area contributed by atoms with Crippen molar-refractivity contribution in [2.75, 3.05) is 12.4 Å². The highest BCUT2D eigenvalue weighted by atomic mass is 16.5. The van der Waals surface area contributed by atoms with Gasteiger partial charge in [0.25, 0.3) is 5.91 Å². The molecule has 1 N–H and O–H groups in total. The third-order valence-corrected chi connectivity index (χ3v) is 3.74. The van der Waals surface area contributed by atoms with Gasteiger partial charge in [-0.2, -0.15) is 0 Å². The Bertz CT molecular complexity index is 944. The van der Waals surface area contributed by atoms with Crippen molar-refractivity contribution in [3.05, 3.63) is 65.1 Å².